The van der Waals surface area contributed by atoms with Crippen molar-refractivity contribution in [2.75, 3.05) is 6.61 Å². The van der Waals surface area contributed by atoms with Crippen molar-refractivity contribution in [1.82, 2.24) is 0 Å². The summed E-state index contributed by atoms with van der Waals surface area (Å²) in [7, 11) is 0. The summed E-state index contributed by atoms with van der Waals surface area (Å²) in [5.41, 5.74) is 5.97. The lowest BCUT2D eigenvalue weighted by atomic mass is 10.1. The lowest BCUT2D eigenvalue weighted by molar-refractivity contribution is -0.144. The Labute approximate surface area is 87.1 Å². The van der Waals surface area contributed by atoms with Crippen LogP contribution >= 0.6 is 0 Å². The number of benzene rings is 1. The van der Waals surface area contributed by atoms with E-state index in [2.05, 4.69) is 0 Å². The number of hydrogen-bond donors (Lipinski definition) is 3. The van der Waals surface area contributed by atoms with Gasteiger partial charge in [0.15, 0.2) is 11.5 Å². The summed E-state index contributed by atoms with van der Waals surface area (Å²) < 4.78 is 4.72. The summed E-state index contributed by atoms with van der Waals surface area (Å²) in [5, 5.41) is 18.3. The molecule has 0 aliphatic heterocycles. The molecule has 5 nitrogen and oxygen atoms in total. The van der Waals surface area contributed by atoms with Gasteiger partial charge in [-0.25, -0.2) is 4.79 Å². The lowest BCUT2D eigenvalue weighted by Crippen LogP contribution is -2.23. The summed E-state index contributed by atoms with van der Waals surface area (Å²) in [6, 6.07) is 3.01. The molecule has 0 spiro atoms. The molecule has 82 valence electrons. The van der Waals surface area contributed by atoms with E-state index >= 15 is 0 Å². The van der Waals surface area contributed by atoms with Crippen molar-refractivity contribution in [3.63, 3.8) is 0 Å². The number of hydrogen-bond acceptors (Lipinski definition) is 5. The minimum absolute atomic E-state index is 0.247. The van der Waals surface area contributed by atoms with E-state index in [1.54, 1.807) is 6.92 Å². The van der Waals surface area contributed by atoms with Crippen LogP contribution < -0.4 is 5.73 Å². The third-order valence-corrected chi connectivity index (χ3v) is 1.90. The Balaban J connectivity index is 2.86. The average Bonchev–Trinajstić information content (AvgIpc) is 2.21. The minimum Gasteiger partial charge on any atom is -0.504 e. The maximum absolute atomic E-state index is 11.2. The van der Waals surface area contributed by atoms with Crippen LogP contribution in [0.3, 0.4) is 0 Å². The Hall–Kier alpha value is -1.75. The number of phenolic OH excluding ortho intramolecular Hbond substituents is 2. The fraction of sp³-hybridized carbons (Fsp3) is 0.300. The highest BCUT2D eigenvalue weighted by Crippen LogP contribution is 2.27. The van der Waals surface area contributed by atoms with Crippen molar-refractivity contribution in [3.05, 3.63) is 23.8 Å². The molecule has 0 aliphatic rings. The van der Waals surface area contributed by atoms with Gasteiger partial charge in [-0.2, -0.15) is 0 Å². The summed E-state index contributed by atoms with van der Waals surface area (Å²) in [6.45, 7) is 1.93. The summed E-state index contributed by atoms with van der Waals surface area (Å²) in [6.07, 6.45) is 0. The quantitative estimate of drug-likeness (QED) is 0.504. The van der Waals surface area contributed by atoms with Crippen molar-refractivity contribution in [3.8, 4) is 11.5 Å². The maximum atomic E-state index is 11.2. The van der Waals surface area contributed by atoms with Crippen LogP contribution in [-0.4, -0.2) is 22.8 Å². The molecule has 0 bridgehead atoms. The monoisotopic (exact) mass is 211 g/mol. The Morgan fingerprint density at radius 3 is 2.67 bits per heavy atom. The zero-order valence-corrected chi connectivity index (χ0v) is 8.30. The second-order valence-electron chi connectivity index (χ2n) is 2.98. The number of carbonyl (C=O) groups excluding carboxylic acids is 1. The average molecular weight is 211 g/mol. The molecule has 1 unspecified atom stereocenters. The molecule has 4 N–H and O–H groups in total. The number of rotatable bonds is 3. The molecular weight excluding hydrogens is 198 g/mol. The van der Waals surface area contributed by atoms with E-state index in [-0.39, 0.29) is 18.1 Å². The van der Waals surface area contributed by atoms with Gasteiger partial charge in [-0.15, -0.1) is 0 Å². The van der Waals surface area contributed by atoms with Crippen molar-refractivity contribution in [1.29, 1.82) is 0 Å². The Morgan fingerprint density at radius 1 is 1.47 bits per heavy atom. The van der Waals surface area contributed by atoms with Crippen molar-refractivity contribution < 1.29 is 19.7 Å². The first-order valence-corrected chi connectivity index (χ1v) is 4.50. The lowest BCUT2D eigenvalue weighted by Gasteiger charge is -2.11. The van der Waals surface area contributed by atoms with Gasteiger partial charge in [0.1, 0.15) is 6.04 Å². The first kappa shape index (κ1) is 11.3. The van der Waals surface area contributed by atoms with Crippen LogP contribution in [0.1, 0.15) is 18.5 Å². The Morgan fingerprint density at radius 2 is 2.13 bits per heavy atom. The van der Waals surface area contributed by atoms with Gasteiger partial charge in [-0.3, -0.25) is 0 Å². The second kappa shape index (κ2) is 4.65. The van der Waals surface area contributed by atoms with Gasteiger partial charge in [0.05, 0.1) is 6.61 Å². The highest BCUT2D eigenvalue weighted by molar-refractivity contribution is 5.77. The van der Waals surface area contributed by atoms with Crippen LogP contribution in [0.2, 0.25) is 0 Å². The van der Waals surface area contributed by atoms with Crippen molar-refractivity contribution >= 4 is 5.97 Å². The molecule has 0 aromatic heterocycles. The van der Waals surface area contributed by atoms with E-state index in [1.807, 2.05) is 0 Å². The molecule has 0 amide bonds. The molecule has 0 heterocycles. The highest BCUT2D eigenvalue weighted by atomic mass is 16.5. The van der Waals surface area contributed by atoms with Crippen LogP contribution in [0.5, 0.6) is 11.5 Å². The second-order valence-corrected chi connectivity index (χ2v) is 2.98. The molecule has 15 heavy (non-hydrogen) atoms. The number of ether oxygens (including phenoxy) is 1. The van der Waals surface area contributed by atoms with Gasteiger partial charge in [-0.1, -0.05) is 6.07 Å². The molecule has 1 aromatic rings. The first-order valence-electron chi connectivity index (χ1n) is 4.50. The highest BCUT2D eigenvalue weighted by Gasteiger charge is 2.17. The predicted octanol–water partition coefficient (Wildman–Crippen LogP) is 0.661. The third kappa shape index (κ3) is 2.60. The van der Waals surface area contributed by atoms with Gasteiger partial charge in [0, 0.05) is 0 Å². The molecule has 0 fully saturated rings. The smallest absolute Gasteiger partial charge is 0.327 e. The molecule has 1 rings (SSSR count). The first-order chi connectivity index (χ1) is 7.06. The molecule has 0 radical (unpaired) electrons. The molecular formula is C10H13NO4. The van der Waals surface area contributed by atoms with Crippen LogP contribution in [-0.2, 0) is 9.53 Å². The van der Waals surface area contributed by atoms with Crippen LogP contribution in [0.25, 0.3) is 0 Å². The summed E-state index contributed by atoms with van der Waals surface area (Å²) >= 11 is 0. The molecule has 1 aromatic carbocycles. The van der Waals surface area contributed by atoms with Gasteiger partial charge in [0.25, 0.3) is 0 Å². The number of nitrogens with two attached hydrogens (primary N) is 1. The summed E-state index contributed by atoms with van der Waals surface area (Å²) in [5.74, 6) is -1.13. The number of carbonyl (C=O) groups is 1. The molecule has 0 saturated heterocycles. The van der Waals surface area contributed by atoms with Gasteiger partial charge < -0.3 is 20.7 Å². The Bertz CT molecular complexity index is 364. The topological polar surface area (TPSA) is 92.8 Å². The fourth-order valence-electron chi connectivity index (χ4n) is 1.10. The van der Waals surface area contributed by atoms with Crippen molar-refractivity contribution in [2.45, 2.75) is 13.0 Å². The number of phenols is 2. The van der Waals surface area contributed by atoms with Crippen LogP contribution in [0.15, 0.2) is 18.2 Å². The molecule has 5 heteroatoms. The van der Waals surface area contributed by atoms with Crippen LogP contribution in [0, 0.1) is 0 Å². The van der Waals surface area contributed by atoms with Gasteiger partial charge in [0.2, 0.25) is 0 Å². The Kier molecular flexibility index (Phi) is 3.51. The van der Waals surface area contributed by atoms with Gasteiger partial charge in [-0.05, 0) is 24.6 Å². The van der Waals surface area contributed by atoms with E-state index in [0.717, 1.165) is 0 Å². The largest absolute Gasteiger partial charge is 0.504 e. The molecule has 1 atom stereocenters. The minimum atomic E-state index is -0.948. The third-order valence-electron chi connectivity index (χ3n) is 1.90. The van der Waals surface area contributed by atoms with Crippen LogP contribution in [0.4, 0.5) is 0 Å². The number of aromatic hydroxyl groups is 2. The number of esters is 1. The maximum Gasteiger partial charge on any atom is 0.327 e. The zero-order chi connectivity index (χ0) is 11.4. The van der Waals surface area contributed by atoms with E-state index in [0.29, 0.717) is 5.56 Å². The fourth-order valence-corrected chi connectivity index (χ4v) is 1.10. The standard InChI is InChI=1S/C10H13NO4/c1-2-15-10(14)9(11)6-3-4-7(12)8(13)5-6/h3-5,9,12-13H,2,11H2,1H3. The van der Waals surface area contributed by atoms with E-state index in [9.17, 15) is 9.90 Å². The van der Waals surface area contributed by atoms with E-state index in [1.165, 1.54) is 18.2 Å². The van der Waals surface area contributed by atoms with Crippen molar-refractivity contribution in [2.24, 2.45) is 5.73 Å². The van der Waals surface area contributed by atoms with E-state index in [4.69, 9.17) is 15.6 Å². The van der Waals surface area contributed by atoms with E-state index < -0.39 is 12.0 Å². The SMILES string of the molecule is CCOC(=O)C(N)c1ccc(O)c(O)c1. The molecule has 0 saturated carbocycles. The summed E-state index contributed by atoms with van der Waals surface area (Å²) in [4.78, 5) is 11.2. The van der Waals surface area contributed by atoms with Gasteiger partial charge >= 0.3 is 5.97 Å². The predicted molar refractivity (Wildman–Crippen MR) is 53.3 cm³/mol. The zero-order valence-electron chi connectivity index (χ0n) is 8.30. The normalized spacial score (nSPS) is 12.1. The molecule has 0 aliphatic carbocycles.